The van der Waals surface area contributed by atoms with Gasteiger partial charge in [0.2, 0.25) is 15.9 Å². The van der Waals surface area contributed by atoms with Crippen LogP contribution in [0.1, 0.15) is 27.7 Å². The Morgan fingerprint density at radius 2 is 1.88 bits per heavy atom. The molecule has 0 saturated heterocycles. The SMILES string of the molecule is NC(=O)c1ccc2c(c1)CCN(S(=O)(=O)c1ccc(F)cc1)C2O. The molecule has 0 bridgehead atoms. The lowest BCUT2D eigenvalue weighted by Crippen LogP contribution is -2.40. The third-order valence-electron chi connectivity index (χ3n) is 4.00. The molecule has 1 aliphatic heterocycles. The molecule has 2 aromatic rings. The number of hydrogen-bond acceptors (Lipinski definition) is 4. The first-order valence-electron chi connectivity index (χ1n) is 7.19. The number of carbonyl (C=O) groups excluding carboxylic acids is 1. The van der Waals surface area contributed by atoms with Gasteiger partial charge in [-0.25, -0.2) is 12.8 Å². The summed E-state index contributed by atoms with van der Waals surface area (Å²) < 4.78 is 39.3. The third-order valence-corrected chi connectivity index (χ3v) is 5.87. The Balaban J connectivity index is 1.97. The van der Waals surface area contributed by atoms with Gasteiger partial charge in [0.15, 0.2) is 0 Å². The van der Waals surface area contributed by atoms with Crippen LogP contribution in [0.15, 0.2) is 47.4 Å². The van der Waals surface area contributed by atoms with Crippen LogP contribution in [0.25, 0.3) is 0 Å². The summed E-state index contributed by atoms with van der Waals surface area (Å²) in [4.78, 5) is 11.1. The summed E-state index contributed by atoms with van der Waals surface area (Å²) in [6, 6.07) is 8.91. The summed E-state index contributed by atoms with van der Waals surface area (Å²) in [7, 11) is -3.97. The number of amides is 1. The highest BCUT2D eigenvalue weighted by Crippen LogP contribution is 2.32. The lowest BCUT2D eigenvalue weighted by atomic mass is 9.97. The molecule has 0 fully saturated rings. The number of nitrogens with zero attached hydrogens (tertiary/aromatic N) is 1. The minimum atomic E-state index is -3.97. The molecule has 24 heavy (non-hydrogen) atoms. The van der Waals surface area contributed by atoms with E-state index >= 15 is 0 Å². The Bertz CT molecular complexity index is 897. The molecule has 0 saturated carbocycles. The van der Waals surface area contributed by atoms with Crippen LogP contribution in [0.3, 0.4) is 0 Å². The van der Waals surface area contributed by atoms with Crippen molar-refractivity contribution in [2.75, 3.05) is 6.54 Å². The van der Waals surface area contributed by atoms with Gasteiger partial charge < -0.3 is 10.8 Å². The van der Waals surface area contributed by atoms with E-state index in [1.54, 1.807) is 6.07 Å². The molecule has 0 aliphatic carbocycles. The van der Waals surface area contributed by atoms with E-state index in [0.29, 0.717) is 23.1 Å². The Hall–Kier alpha value is -2.29. The van der Waals surface area contributed by atoms with Gasteiger partial charge in [0, 0.05) is 12.1 Å². The van der Waals surface area contributed by atoms with Crippen LogP contribution in [0.4, 0.5) is 4.39 Å². The van der Waals surface area contributed by atoms with Crippen LogP contribution in [-0.4, -0.2) is 30.3 Å². The van der Waals surface area contributed by atoms with Crippen LogP contribution in [0, 0.1) is 5.82 Å². The topological polar surface area (TPSA) is 101 Å². The van der Waals surface area contributed by atoms with Crippen molar-refractivity contribution in [3.8, 4) is 0 Å². The maximum atomic E-state index is 13.0. The zero-order valence-electron chi connectivity index (χ0n) is 12.5. The average Bonchev–Trinajstić information content (AvgIpc) is 2.55. The Morgan fingerprint density at radius 3 is 2.50 bits per heavy atom. The van der Waals surface area contributed by atoms with E-state index < -0.39 is 28.0 Å². The second kappa shape index (κ2) is 5.97. The summed E-state index contributed by atoms with van der Waals surface area (Å²) >= 11 is 0. The van der Waals surface area contributed by atoms with Crippen LogP contribution >= 0.6 is 0 Å². The normalized spacial score (nSPS) is 18.2. The molecule has 0 spiro atoms. The molecule has 126 valence electrons. The maximum Gasteiger partial charge on any atom is 0.248 e. The summed E-state index contributed by atoms with van der Waals surface area (Å²) in [5.74, 6) is -1.13. The van der Waals surface area contributed by atoms with E-state index in [4.69, 9.17) is 5.73 Å². The summed E-state index contributed by atoms with van der Waals surface area (Å²) in [6.45, 7) is 0.0378. The second-order valence-corrected chi connectivity index (χ2v) is 7.36. The van der Waals surface area contributed by atoms with E-state index in [-0.39, 0.29) is 11.4 Å². The second-order valence-electron chi connectivity index (χ2n) is 5.47. The average molecular weight is 350 g/mol. The number of primary amides is 1. The summed E-state index contributed by atoms with van der Waals surface area (Å²) in [5, 5.41) is 10.5. The first-order valence-corrected chi connectivity index (χ1v) is 8.63. The number of nitrogens with two attached hydrogens (primary N) is 1. The van der Waals surface area contributed by atoms with E-state index in [1.807, 2.05) is 0 Å². The number of aliphatic hydroxyl groups is 1. The van der Waals surface area contributed by atoms with Crippen molar-refractivity contribution < 1.29 is 22.7 Å². The van der Waals surface area contributed by atoms with Gasteiger partial charge in [-0.05, 0) is 53.9 Å². The predicted octanol–water partition coefficient (Wildman–Crippen LogP) is 1.16. The van der Waals surface area contributed by atoms with E-state index in [0.717, 1.165) is 28.6 Å². The fourth-order valence-corrected chi connectivity index (χ4v) is 4.19. The van der Waals surface area contributed by atoms with Crippen molar-refractivity contribution in [3.05, 3.63) is 65.0 Å². The number of benzene rings is 2. The maximum absolute atomic E-state index is 13.0. The fourth-order valence-electron chi connectivity index (χ4n) is 2.73. The minimum absolute atomic E-state index is 0.0378. The molecule has 1 atom stereocenters. The van der Waals surface area contributed by atoms with Gasteiger partial charge in [0.25, 0.3) is 0 Å². The number of sulfonamides is 1. The van der Waals surface area contributed by atoms with Crippen molar-refractivity contribution >= 4 is 15.9 Å². The molecule has 8 heteroatoms. The number of fused-ring (bicyclic) bond motifs is 1. The van der Waals surface area contributed by atoms with E-state index in [9.17, 15) is 22.7 Å². The molecule has 3 rings (SSSR count). The van der Waals surface area contributed by atoms with Gasteiger partial charge in [-0.2, -0.15) is 4.31 Å². The zero-order chi connectivity index (χ0) is 17.5. The minimum Gasteiger partial charge on any atom is -0.373 e. The number of hydrogen-bond donors (Lipinski definition) is 2. The largest absolute Gasteiger partial charge is 0.373 e. The van der Waals surface area contributed by atoms with Crippen LogP contribution in [-0.2, 0) is 16.4 Å². The molecule has 1 heterocycles. The van der Waals surface area contributed by atoms with E-state index in [2.05, 4.69) is 0 Å². The molecule has 1 amide bonds. The van der Waals surface area contributed by atoms with Crippen molar-refractivity contribution in [2.45, 2.75) is 17.5 Å². The van der Waals surface area contributed by atoms with Crippen molar-refractivity contribution in [1.29, 1.82) is 0 Å². The monoisotopic (exact) mass is 350 g/mol. The number of aliphatic hydroxyl groups excluding tert-OH is 1. The van der Waals surface area contributed by atoms with Gasteiger partial charge in [0.1, 0.15) is 12.0 Å². The highest BCUT2D eigenvalue weighted by atomic mass is 32.2. The molecule has 2 aromatic carbocycles. The Labute approximate surface area is 138 Å². The third kappa shape index (κ3) is 2.79. The summed E-state index contributed by atoms with van der Waals surface area (Å²) in [5.41, 5.74) is 6.60. The lowest BCUT2D eigenvalue weighted by molar-refractivity contribution is 0.0541. The first kappa shape index (κ1) is 16.6. The van der Waals surface area contributed by atoms with Crippen molar-refractivity contribution in [2.24, 2.45) is 5.73 Å². The lowest BCUT2D eigenvalue weighted by Gasteiger charge is -2.33. The van der Waals surface area contributed by atoms with Gasteiger partial charge in [-0.1, -0.05) is 6.07 Å². The first-order chi connectivity index (χ1) is 11.3. The molecule has 6 nitrogen and oxygen atoms in total. The molecular weight excluding hydrogens is 335 g/mol. The van der Waals surface area contributed by atoms with Gasteiger partial charge >= 0.3 is 0 Å². The highest BCUT2D eigenvalue weighted by Gasteiger charge is 2.35. The number of rotatable bonds is 3. The van der Waals surface area contributed by atoms with Crippen LogP contribution in [0.2, 0.25) is 0 Å². The number of halogens is 1. The standard InChI is InChI=1S/C16H15FN2O4S/c17-12-2-4-13(5-3-12)24(22,23)19-8-7-10-9-11(15(18)20)1-6-14(10)16(19)21/h1-6,9,16,21H,7-8H2,(H2,18,20). The van der Waals surface area contributed by atoms with Crippen LogP contribution in [0.5, 0.6) is 0 Å². The fraction of sp³-hybridized carbons (Fsp3) is 0.188. The highest BCUT2D eigenvalue weighted by molar-refractivity contribution is 7.89. The van der Waals surface area contributed by atoms with Crippen molar-refractivity contribution in [1.82, 2.24) is 4.31 Å². The molecule has 1 unspecified atom stereocenters. The Morgan fingerprint density at radius 1 is 1.21 bits per heavy atom. The molecule has 3 N–H and O–H groups in total. The predicted molar refractivity (Wildman–Crippen MR) is 83.9 cm³/mol. The van der Waals surface area contributed by atoms with Gasteiger partial charge in [-0.3, -0.25) is 4.79 Å². The number of carbonyl (C=O) groups is 1. The van der Waals surface area contributed by atoms with Crippen LogP contribution < -0.4 is 5.73 Å². The molecule has 0 aromatic heterocycles. The van der Waals surface area contributed by atoms with Crippen molar-refractivity contribution in [3.63, 3.8) is 0 Å². The van der Waals surface area contributed by atoms with E-state index in [1.165, 1.54) is 12.1 Å². The smallest absolute Gasteiger partial charge is 0.248 e. The summed E-state index contributed by atoms with van der Waals surface area (Å²) in [6.07, 6.45) is -1.06. The zero-order valence-corrected chi connectivity index (χ0v) is 13.3. The molecule has 1 aliphatic rings. The van der Waals surface area contributed by atoms with Gasteiger partial charge in [0.05, 0.1) is 4.90 Å². The quantitative estimate of drug-likeness (QED) is 0.867. The Kier molecular flexibility index (Phi) is 4.12. The molecular formula is C16H15FN2O4S. The molecule has 0 radical (unpaired) electrons. The van der Waals surface area contributed by atoms with Gasteiger partial charge in [-0.15, -0.1) is 0 Å².